The van der Waals surface area contributed by atoms with Crippen LogP contribution >= 0.6 is 0 Å². The highest BCUT2D eigenvalue weighted by atomic mass is 16.5. The normalized spacial score (nSPS) is 11.1. The van der Waals surface area contributed by atoms with Gasteiger partial charge in [0.15, 0.2) is 11.5 Å². The zero-order valence-electron chi connectivity index (χ0n) is 14.3. The summed E-state index contributed by atoms with van der Waals surface area (Å²) in [5.74, 6) is 3.59. The van der Waals surface area contributed by atoms with Gasteiger partial charge in [0, 0.05) is 12.4 Å². The molecule has 0 saturated carbocycles. The Hall–Kier alpha value is -3.20. The summed E-state index contributed by atoms with van der Waals surface area (Å²) in [6.07, 6.45) is 8.56. The van der Waals surface area contributed by atoms with E-state index in [0.29, 0.717) is 18.1 Å². The molecule has 0 fully saturated rings. The molecule has 2 amide bonds. The fourth-order valence-corrected chi connectivity index (χ4v) is 2.18. The third kappa shape index (κ3) is 5.43. The van der Waals surface area contributed by atoms with E-state index in [1.807, 2.05) is 37.3 Å². The number of hydrogen-bond acceptors (Lipinski definition) is 4. The number of nitrogens with zero attached hydrogens (tertiary/aromatic N) is 1. The van der Waals surface area contributed by atoms with E-state index >= 15 is 0 Å². The van der Waals surface area contributed by atoms with E-state index in [9.17, 15) is 4.79 Å². The van der Waals surface area contributed by atoms with Crippen LogP contribution in [0.25, 0.3) is 0 Å². The molecule has 1 aromatic carbocycles. The average molecular weight is 339 g/mol. The van der Waals surface area contributed by atoms with E-state index in [2.05, 4.69) is 21.5 Å². The Morgan fingerprint density at radius 1 is 1.28 bits per heavy atom. The summed E-state index contributed by atoms with van der Waals surface area (Å²) in [5.41, 5.74) is 1.91. The number of aromatic nitrogens is 1. The molecule has 1 heterocycles. The molecule has 2 N–H and O–H groups in total. The highest BCUT2D eigenvalue weighted by Crippen LogP contribution is 2.30. The molecule has 0 bridgehead atoms. The molecule has 0 aliphatic heterocycles. The first-order chi connectivity index (χ1) is 12.1. The van der Waals surface area contributed by atoms with Gasteiger partial charge < -0.3 is 20.1 Å². The number of nitrogens with one attached hydrogen (secondary N) is 2. The molecule has 2 aromatic rings. The molecular weight excluding hydrogens is 318 g/mol. The summed E-state index contributed by atoms with van der Waals surface area (Å²) < 4.78 is 11.2. The van der Waals surface area contributed by atoms with Gasteiger partial charge in [-0.15, -0.1) is 6.42 Å². The van der Waals surface area contributed by atoms with Crippen molar-refractivity contribution in [3.8, 4) is 23.8 Å². The number of benzene rings is 1. The van der Waals surface area contributed by atoms with Crippen molar-refractivity contribution in [2.75, 3.05) is 13.7 Å². The minimum atomic E-state index is -0.317. The smallest absolute Gasteiger partial charge is 0.316 e. The molecule has 0 radical (unpaired) electrons. The van der Waals surface area contributed by atoms with Gasteiger partial charge in [-0.2, -0.15) is 0 Å². The van der Waals surface area contributed by atoms with Crippen molar-refractivity contribution in [2.45, 2.75) is 19.6 Å². The molecule has 1 unspecified atom stereocenters. The third-order valence-corrected chi connectivity index (χ3v) is 3.53. The maximum Gasteiger partial charge on any atom is 0.316 e. The first-order valence-corrected chi connectivity index (χ1v) is 7.81. The number of urea groups is 1. The highest BCUT2D eigenvalue weighted by molar-refractivity contribution is 5.74. The van der Waals surface area contributed by atoms with Gasteiger partial charge in [0.05, 0.1) is 19.7 Å². The van der Waals surface area contributed by atoms with E-state index in [1.54, 1.807) is 19.5 Å². The maximum absolute atomic E-state index is 11.7. The van der Waals surface area contributed by atoms with E-state index in [1.165, 1.54) is 0 Å². The molecule has 0 aliphatic carbocycles. The Labute approximate surface area is 147 Å². The number of methoxy groups -OCH3 is 1. The van der Waals surface area contributed by atoms with Crippen molar-refractivity contribution in [3.05, 3.63) is 53.9 Å². The molecule has 130 valence electrons. The van der Waals surface area contributed by atoms with Crippen molar-refractivity contribution < 1.29 is 14.3 Å². The van der Waals surface area contributed by atoms with E-state index in [4.69, 9.17) is 15.9 Å². The first kappa shape index (κ1) is 18.1. The van der Waals surface area contributed by atoms with Crippen LogP contribution in [0, 0.1) is 12.3 Å². The van der Waals surface area contributed by atoms with Gasteiger partial charge in [-0.05, 0) is 42.3 Å². The SMILES string of the molecule is C#CCNC(=O)NC(C)c1ccc(OCc2ccncc2)c(OC)c1. The van der Waals surface area contributed by atoms with Crippen molar-refractivity contribution in [3.63, 3.8) is 0 Å². The minimum absolute atomic E-state index is 0.184. The van der Waals surface area contributed by atoms with Crippen LogP contribution < -0.4 is 20.1 Å². The summed E-state index contributed by atoms with van der Waals surface area (Å²) >= 11 is 0. The Balaban J connectivity index is 2.02. The molecular formula is C19H21N3O3. The molecule has 1 atom stereocenters. The summed E-state index contributed by atoms with van der Waals surface area (Å²) in [7, 11) is 1.58. The lowest BCUT2D eigenvalue weighted by atomic mass is 10.1. The summed E-state index contributed by atoms with van der Waals surface area (Å²) in [6.45, 7) is 2.48. The Bertz CT molecular complexity index is 741. The monoisotopic (exact) mass is 339 g/mol. The van der Waals surface area contributed by atoms with Gasteiger partial charge in [0.25, 0.3) is 0 Å². The van der Waals surface area contributed by atoms with Crippen LogP contribution in [0.5, 0.6) is 11.5 Å². The average Bonchev–Trinajstić information content (AvgIpc) is 2.65. The molecule has 6 heteroatoms. The fourth-order valence-electron chi connectivity index (χ4n) is 2.18. The number of amides is 2. The second-order valence-corrected chi connectivity index (χ2v) is 5.31. The zero-order chi connectivity index (χ0) is 18.1. The maximum atomic E-state index is 11.7. The van der Waals surface area contributed by atoms with Crippen molar-refractivity contribution in [2.24, 2.45) is 0 Å². The van der Waals surface area contributed by atoms with Gasteiger partial charge in [-0.3, -0.25) is 4.98 Å². The highest BCUT2D eigenvalue weighted by Gasteiger charge is 2.13. The second-order valence-electron chi connectivity index (χ2n) is 5.31. The Morgan fingerprint density at radius 2 is 2.04 bits per heavy atom. The van der Waals surface area contributed by atoms with E-state index in [0.717, 1.165) is 11.1 Å². The number of carbonyl (C=O) groups is 1. The standard InChI is InChI=1S/C19H21N3O3/c1-4-9-21-19(23)22-14(2)16-5-6-17(18(12-16)24-3)25-13-15-7-10-20-11-8-15/h1,5-8,10-12,14H,9,13H2,2-3H3,(H2,21,22,23). The first-order valence-electron chi connectivity index (χ1n) is 7.81. The van der Waals surface area contributed by atoms with Crippen LogP contribution in [0.15, 0.2) is 42.7 Å². The molecule has 0 saturated heterocycles. The molecule has 0 spiro atoms. The molecule has 25 heavy (non-hydrogen) atoms. The number of carbonyl (C=O) groups excluding carboxylic acids is 1. The van der Waals surface area contributed by atoms with Gasteiger partial charge >= 0.3 is 6.03 Å². The topological polar surface area (TPSA) is 72.5 Å². The van der Waals surface area contributed by atoms with Gasteiger partial charge in [-0.1, -0.05) is 12.0 Å². The minimum Gasteiger partial charge on any atom is -0.493 e. The number of ether oxygens (including phenoxy) is 2. The predicted octanol–water partition coefficient (Wildman–Crippen LogP) is 2.66. The number of pyridine rings is 1. The summed E-state index contributed by atoms with van der Waals surface area (Å²) in [6, 6.07) is 8.81. The van der Waals surface area contributed by atoms with E-state index < -0.39 is 0 Å². The predicted molar refractivity (Wildman–Crippen MR) is 95.3 cm³/mol. The lowest BCUT2D eigenvalue weighted by molar-refractivity contribution is 0.239. The van der Waals surface area contributed by atoms with Gasteiger partial charge in [0.1, 0.15) is 6.61 Å². The number of terminal acetylenes is 1. The van der Waals surface area contributed by atoms with Crippen LogP contribution in [0.2, 0.25) is 0 Å². The second kappa shape index (κ2) is 9.18. The summed E-state index contributed by atoms with van der Waals surface area (Å²) in [5, 5.41) is 5.37. The van der Waals surface area contributed by atoms with Crippen molar-refractivity contribution in [1.82, 2.24) is 15.6 Å². The lowest BCUT2D eigenvalue weighted by Crippen LogP contribution is -2.37. The molecule has 2 rings (SSSR count). The Kier molecular flexibility index (Phi) is 6.66. The van der Waals surface area contributed by atoms with Crippen LogP contribution in [0.4, 0.5) is 4.79 Å². The zero-order valence-corrected chi connectivity index (χ0v) is 14.3. The van der Waals surface area contributed by atoms with Gasteiger partial charge in [0.2, 0.25) is 0 Å². The largest absolute Gasteiger partial charge is 0.493 e. The third-order valence-electron chi connectivity index (χ3n) is 3.53. The Morgan fingerprint density at radius 3 is 2.72 bits per heavy atom. The molecule has 1 aromatic heterocycles. The fraction of sp³-hybridized carbons (Fsp3) is 0.263. The van der Waals surface area contributed by atoms with Crippen LogP contribution in [0.3, 0.4) is 0 Å². The van der Waals surface area contributed by atoms with E-state index in [-0.39, 0.29) is 18.6 Å². The quantitative estimate of drug-likeness (QED) is 0.761. The number of rotatable bonds is 7. The van der Waals surface area contributed by atoms with Crippen molar-refractivity contribution in [1.29, 1.82) is 0 Å². The molecule has 6 nitrogen and oxygen atoms in total. The summed E-state index contributed by atoms with van der Waals surface area (Å²) in [4.78, 5) is 15.7. The number of hydrogen-bond donors (Lipinski definition) is 2. The van der Waals surface area contributed by atoms with Crippen LogP contribution in [0.1, 0.15) is 24.1 Å². The lowest BCUT2D eigenvalue weighted by Gasteiger charge is -2.17. The van der Waals surface area contributed by atoms with Crippen LogP contribution in [-0.2, 0) is 6.61 Å². The van der Waals surface area contributed by atoms with Gasteiger partial charge in [-0.25, -0.2) is 4.79 Å². The van der Waals surface area contributed by atoms with Crippen molar-refractivity contribution >= 4 is 6.03 Å². The van der Waals surface area contributed by atoms with Crippen LogP contribution in [-0.4, -0.2) is 24.7 Å². The molecule has 0 aliphatic rings.